The van der Waals surface area contributed by atoms with Gasteiger partial charge in [0.15, 0.2) is 16.6 Å². The maximum absolute atomic E-state index is 5.64. The lowest BCUT2D eigenvalue weighted by atomic mass is 10.2. The van der Waals surface area contributed by atoms with Crippen LogP contribution < -0.4 is 20.1 Å². The molecule has 0 aromatic heterocycles. The van der Waals surface area contributed by atoms with Gasteiger partial charge in [0, 0.05) is 12.2 Å². The molecule has 2 N–H and O–H groups in total. The highest BCUT2D eigenvalue weighted by Crippen LogP contribution is 2.28. The van der Waals surface area contributed by atoms with Crippen LogP contribution in [-0.2, 0) is 6.54 Å². The Labute approximate surface area is 149 Å². The summed E-state index contributed by atoms with van der Waals surface area (Å²) in [7, 11) is 0. The van der Waals surface area contributed by atoms with Gasteiger partial charge >= 0.3 is 0 Å². The molecule has 0 aliphatic carbocycles. The summed E-state index contributed by atoms with van der Waals surface area (Å²) >= 11 is 5.34. The van der Waals surface area contributed by atoms with Crippen molar-refractivity contribution in [3.05, 3.63) is 53.6 Å². The zero-order chi connectivity index (χ0) is 17.4. The molecule has 0 atom stereocenters. The molecule has 2 aromatic rings. The number of nitrogens with one attached hydrogen (secondary N) is 2. The first-order chi connectivity index (χ1) is 11.6. The molecule has 0 radical (unpaired) electrons. The maximum Gasteiger partial charge on any atom is 0.171 e. The van der Waals surface area contributed by atoms with E-state index in [1.807, 2.05) is 56.3 Å². The van der Waals surface area contributed by atoms with Crippen molar-refractivity contribution in [2.45, 2.75) is 27.3 Å². The summed E-state index contributed by atoms with van der Waals surface area (Å²) in [6.45, 7) is 7.81. The number of anilines is 1. The van der Waals surface area contributed by atoms with Crippen LogP contribution in [0.25, 0.3) is 0 Å². The Hall–Kier alpha value is -2.27. The summed E-state index contributed by atoms with van der Waals surface area (Å²) in [6.07, 6.45) is 0. The molecule has 0 bridgehead atoms. The van der Waals surface area contributed by atoms with Gasteiger partial charge in [-0.05, 0) is 62.8 Å². The fourth-order valence-corrected chi connectivity index (χ4v) is 2.39. The van der Waals surface area contributed by atoms with E-state index in [-0.39, 0.29) is 0 Å². The molecule has 0 unspecified atom stereocenters. The summed E-state index contributed by atoms with van der Waals surface area (Å²) < 4.78 is 11.2. The second kappa shape index (κ2) is 9.13. The van der Waals surface area contributed by atoms with Gasteiger partial charge in [-0.15, -0.1) is 0 Å². The Morgan fingerprint density at radius 2 is 1.62 bits per heavy atom. The van der Waals surface area contributed by atoms with Gasteiger partial charge in [0.2, 0.25) is 0 Å². The molecule has 24 heavy (non-hydrogen) atoms. The van der Waals surface area contributed by atoms with Crippen LogP contribution in [-0.4, -0.2) is 18.3 Å². The Morgan fingerprint density at radius 1 is 0.958 bits per heavy atom. The zero-order valence-corrected chi connectivity index (χ0v) is 15.2. The van der Waals surface area contributed by atoms with Crippen molar-refractivity contribution in [2.24, 2.45) is 0 Å². The maximum atomic E-state index is 5.64. The largest absolute Gasteiger partial charge is 0.490 e. The van der Waals surface area contributed by atoms with Crippen LogP contribution in [0.5, 0.6) is 11.5 Å². The predicted octanol–water partition coefficient (Wildman–Crippen LogP) is 4.28. The molecule has 0 fully saturated rings. The standard InChI is InChI=1S/C19H24N2O2S/c1-4-22-17-11-8-15(12-18(17)23-5-2)13-20-19(24)21-16-9-6-14(3)7-10-16/h6-12H,4-5,13H2,1-3H3,(H2,20,21,24). The van der Waals surface area contributed by atoms with Gasteiger partial charge < -0.3 is 20.1 Å². The van der Waals surface area contributed by atoms with Crippen LogP contribution in [0.2, 0.25) is 0 Å². The molecule has 0 aliphatic rings. The highest BCUT2D eigenvalue weighted by Gasteiger charge is 2.06. The Kier molecular flexibility index (Phi) is 6.88. The van der Waals surface area contributed by atoms with E-state index >= 15 is 0 Å². The van der Waals surface area contributed by atoms with Crippen LogP contribution in [0.3, 0.4) is 0 Å². The molecule has 0 spiro atoms. The first-order valence-corrected chi connectivity index (χ1v) is 8.53. The van der Waals surface area contributed by atoms with E-state index in [9.17, 15) is 0 Å². The summed E-state index contributed by atoms with van der Waals surface area (Å²) in [5.74, 6) is 1.53. The van der Waals surface area contributed by atoms with Crippen molar-refractivity contribution < 1.29 is 9.47 Å². The van der Waals surface area contributed by atoms with E-state index in [4.69, 9.17) is 21.7 Å². The second-order valence-electron chi connectivity index (χ2n) is 5.32. The van der Waals surface area contributed by atoms with E-state index in [2.05, 4.69) is 17.6 Å². The number of hydrogen-bond donors (Lipinski definition) is 2. The molecule has 0 saturated carbocycles. The van der Waals surface area contributed by atoms with Gasteiger partial charge in [0.25, 0.3) is 0 Å². The highest BCUT2D eigenvalue weighted by atomic mass is 32.1. The first kappa shape index (κ1) is 18.1. The summed E-state index contributed by atoms with van der Waals surface area (Å²) in [5, 5.41) is 6.97. The van der Waals surface area contributed by atoms with Crippen molar-refractivity contribution >= 4 is 23.0 Å². The van der Waals surface area contributed by atoms with Gasteiger partial charge in [-0.3, -0.25) is 0 Å². The average molecular weight is 344 g/mol. The molecule has 2 aromatic carbocycles. The Bertz CT molecular complexity index is 672. The molecule has 128 valence electrons. The fraction of sp³-hybridized carbons (Fsp3) is 0.316. The number of thiocarbonyl (C=S) groups is 1. The van der Waals surface area contributed by atoms with Crippen molar-refractivity contribution in [2.75, 3.05) is 18.5 Å². The third kappa shape index (κ3) is 5.42. The molecular weight excluding hydrogens is 320 g/mol. The normalized spacial score (nSPS) is 10.1. The van der Waals surface area contributed by atoms with E-state index in [1.54, 1.807) is 0 Å². The van der Waals surface area contributed by atoms with Crippen molar-refractivity contribution in [1.29, 1.82) is 0 Å². The van der Waals surface area contributed by atoms with E-state index < -0.39 is 0 Å². The molecule has 4 nitrogen and oxygen atoms in total. The van der Waals surface area contributed by atoms with E-state index in [0.717, 1.165) is 22.7 Å². The smallest absolute Gasteiger partial charge is 0.171 e. The van der Waals surface area contributed by atoms with Gasteiger partial charge in [-0.25, -0.2) is 0 Å². The molecule has 0 amide bonds. The second-order valence-corrected chi connectivity index (χ2v) is 5.73. The fourth-order valence-electron chi connectivity index (χ4n) is 2.20. The van der Waals surface area contributed by atoms with E-state index in [1.165, 1.54) is 5.56 Å². The molecule has 0 saturated heterocycles. The van der Waals surface area contributed by atoms with Gasteiger partial charge in [0.05, 0.1) is 13.2 Å². The Morgan fingerprint density at radius 3 is 2.29 bits per heavy atom. The topological polar surface area (TPSA) is 42.5 Å². The van der Waals surface area contributed by atoms with Crippen LogP contribution in [0.15, 0.2) is 42.5 Å². The number of aryl methyl sites for hydroxylation is 1. The van der Waals surface area contributed by atoms with Gasteiger partial charge in [-0.2, -0.15) is 0 Å². The number of ether oxygens (including phenoxy) is 2. The monoisotopic (exact) mass is 344 g/mol. The van der Waals surface area contributed by atoms with Crippen LogP contribution in [0.4, 0.5) is 5.69 Å². The summed E-state index contributed by atoms with van der Waals surface area (Å²) in [5.41, 5.74) is 3.27. The lowest BCUT2D eigenvalue weighted by molar-refractivity contribution is 0.287. The van der Waals surface area contributed by atoms with Crippen molar-refractivity contribution in [1.82, 2.24) is 5.32 Å². The Balaban J connectivity index is 1.94. The minimum absolute atomic E-state index is 0.589. The van der Waals surface area contributed by atoms with Crippen LogP contribution >= 0.6 is 12.2 Å². The van der Waals surface area contributed by atoms with Gasteiger partial charge in [0.1, 0.15) is 0 Å². The van der Waals surface area contributed by atoms with Crippen LogP contribution in [0, 0.1) is 6.92 Å². The summed E-state index contributed by atoms with van der Waals surface area (Å²) in [6, 6.07) is 14.0. The van der Waals surface area contributed by atoms with Gasteiger partial charge in [-0.1, -0.05) is 23.8 Å². The third-order valence-electron chi connectivity index (χ3n) is 3.37. The number of benzene rings is 2. The minimum Gasteiger partial charge on any atom is -0.490 e. The number of rotatable bonds is 7. The molecular formula is C19H24N2O2S. The lowest BCUT2D eigenvalue weighted by Gasteiger charge is -2.14. The molecule has 5 heteroatoms. The highest BCUT2D eigenvalue weighted by molar-refractivity contribution is 7.80. The number of hydrogen-bond acceptors (Lipinski definition) is 3. The average Bonchev–Trinajstić information content (AvgIpc) is 2.57. The molecule has 0 aliphatic heterocycles. The van der Waals surface area contributed by atoms with E-state index in [0.29, 0.717) is 24.9 Å². The van der Waals surface area contributed by atoms with Crippen molar-refractivity contribution in [3.63, 3.8) is 0 Å². The zero-order valence-electron chi connectivity index (χ0n) is 14.4. The quantitative estimate of drug-likeness (QED) is 0.734. The first-order valence-electron chi connectivity index (χ1n) is 8.12. The SMILES string of the molecule is CCOc1ccc(CNC(=S)Nc2ccc(C)cc2)cc1OCC. The predicted molar refractivity (Wildman–Crippen MR) is 103 cm³/mol. The van der Waals surface area contributed by atoms with Crippen molar-refractivity contribution in [3.8, 4) is 11.5 Å². The van der Waals surface area contributed by atoms with Crippen LogP contribution in [0.1, 0.15) is 25.0 Å². The third-order valence-corrected chi connectivity index (χ3v) is 3.62. The summed E-state index contributed by atoms with van der Waals surface area (Å²) in [4.78, 5) is 0. The molecule has 2 rings (SSSR count). The minimum atomic E-state index is 0.589. The molecule has 0 heterocycles. The lowest BCUT2D eigenvalue weighted by Crippen LogP contribution is -2.27.